The molecule has 0 atom stereocenters. The van der Waals surface area contributed by atoms with E-state index in [9.17, 15) is 9.59 Å². The van der Waals surface area contributed by atoms with Crippen molar-refractivity contribution in [1.29, 1.82) is 0 Å². The van der Waals surface area contributed by atoms with Crippen molar-refractivity contribution in [2.75, 3.05) is 11.9 Å². The van der Waals surface area contributed by atoms with Crippen molar-refractivity contribution in [3.8, 4) is 11.3 Å². The minimum atomic E-state index is -0.340. The number of nitrogens with one attached hydrogen (secondary N) is 1. The Kier molecular flexibility index (Phi) is 7.14. The van der Waals surface area contributed by atoms with Gasteiger partial charge in [0.2, 0.25) is 0 Å². The lowest BCUT2D eigenvalue weighted by Crippen LogP contribution is -2.17. The molecule has 2 aromatic heterocycles. The Morgan fingerprint density at radius 2 is 1.72 bits per heavy atom. The minimum Gasteiger partial charge on any atom is -0.462 e. The van der Waals surface area contributed by atoms with E-state index in [0.29, 0.717) is 22.7 Å². The zero-order valence-electron chi connectivity index (χ0n) is 20.7. The first-order valence-corrected chi connectivity index (χ1v) is 13.5. The first-order valence-electron chi connectivity index (χ1n) is 12.7. The maximum atomic E-state index is 13.9. The molecule has 0 fully saturated rings. The average Bonchev–Trinajstić information content (AvgIpc) is 3.07. The van der Waals surface area contributed by atoms with E-state index in [-0.39, 0.29) is 11.9 Å². The third-order valence-electron chi connectivity index (χ3n) is 6.70. The van der Waals surface area contributed by atoms with Crippen molar-refractivity contribution in [2.45, 2.75) is 52.4 Å². The molecule has 6 heteroatoms. The summed E-state index contributed by atoms with van der Waals surface area (Å²) in [4.78, 5) is 33.1. The average molecular weight is 499 g/mol. The van der Waals surface area contributed by atoms with Crippen molar-refractivity contribution in [1.82, 2.24) is 4.98 Å². The van der Waals surface area contributed by atoms with E-state index in [4.69, 9.17) is 9.72 Å². The first kappa shape index (κ1) is 24.2. The maximum absolute atomic E-state index is 13.9. The summed E-state index contributed by atoms with van der Waals surface area (Å²) in [5, 5.41) is 4.51. The van der Waals surface area contributed by atoms with Crippen molar-refractivity contribution in [3.05, 3.63) is 81.7 Å². The highest BCUT2D eigenvalue weighted by molar-refractivity contribution is 7.17. The van der Waals surface area contributed by atoms with Gasteiger partial charge in [-0.05, 0) is 56.2 Å². The third kappa shape index (κ3) is 4.65. The molecule has 2 aromatic carbocycles. The number of anilines is 1. The molecule has 0 radical (unpaired) electrons. The molecule has 1 aliphatic carbocycles. The number of hydrogen-bond donors (Lipinski definition) is 1. The number of carbonyl (C=O) groups excluding carboxylic acids is 2. The van der Waals surface area contributed by atoms with Crippen LogP contribution in [0.2, 0.25) is 0 Å². The summed E-state index contributed by atoms with van der Waals surface area (Å²) >= 11 is 1.52. The lowest BCUT2D eigenvalue weighted by Gasteiger charge is -2.15. The van der Waals surface area contributed by atoms with Crippen LogP contribution in [0.3, 0.4) is 0 Å². The highest BCUT2D eigenvalue weighted by Crippen LogP contribution is 2.39. The molecule has 5 rings (SSSR count). The van der Waals surface area contributed by atoms with E-state index in [1.165, 1.54) is 16.2 Å². The Labute approximate surface area is 215 Å². The molecule has 4 aromatic rings. The molecule has 2 heterocycles. The second-order valence-corrected chi connectivity index (χ2v) is 10.3. The van der Waals surface area contributed by atoms with Crippen LogP contribution in [0.15, 0.2) is 54.6 Å². The van der Waals surface area contributed by atoms with Crippen LogP contribution in [0, 0.1) is 6.92 Å². The fraction of sp³-hybridized carbons (Fsp3) is 0.300. The molecular weight excluding hydrogens is 468 g/mol. The summed E-state index contributed by atoms with van der Waals surface area (Å²) in [5.41, 5.74) is 5.48. The molecule has 0 spiro atoms. The lowest BCUT2D eigenvalue weighted by atomic mass is 9.97. The Morgan fingerprint density at radius 1 is 0.972 bits per heavy atom. The second kappa shape index (κ2) is 10.6. The number of nitrogens with zero attached hydrogens (tertiary/aromatic N) is 1. The Hall–Kier alpha value is -3.51. The van der Waals surface area contributed by atoms with Crippen LogP contribution in [0.1, 0.15) is 69.3 Å². The molecule has 0 saturated carbocycles. The van der Waals surface area contributed by atoms with Gasteiger partial charge in [0.1, 0.15) is 5.00 Å². The molecule has 0 saturated heterocycles. The van der Waals surface area contributed by atoms with E-state index in [1.807, 2.05) is 68.4 Å². The highest BCUT2D eigenvalue weighted by atomic mass is 32.1. The number of carbonyl (C=O) groups is 2. The number of benzene rings is 2. The topological polar surface area (TPSA) is 68.3 Å². The van der Waals surface area contributed by atoms with Crippen LogP contribution in [0.25, 0.3) is 22.2 Å². The van der Waals surface area contributed by atoms with Crippen molar-refractivity contribution in [2.24, 2.45) is 0 Å². The predicted molar refractivity (Wildman–Crippen MR) is 146 cm³/mol. The molecule has 1 aliphatic rings. The molecule has 36 heavy (non-hydrogen) atoms. The summed E-state index contributed by atoms with van der Waals surface area (Å²) in [6, 6.07) is 17.6. The van der Waals surface area contributed by atoms with E-state index >= 15 is 0 Å². The Morgan fingerprint density at radius 3 is 2.53 bits per heavy atom. The Balaban J connectivity index is 1.60. The number of pyridine rings is 1. The van der Waals surface area contributed by atoms with E-state index in [0.717, 1.165) is 71.8 Å². The van der Waals surface area contributed by atoms with E-state index in [2.05, 4.69) is 5.32 Å². The smallest absolute Gasteiger partial charge is 0.341 e. The van der Waals surface area contributed by atoms with E-state index in [1.54, 1.807) is 0 Å². The third-order valence-corrected chi connectivity index (χ3v) is 7.91. The SMILES string of the molecule is CCCOC(=O)c1c(NC(=O)c2c(C)c(-c3ccccc3)nc3ccccc23)sc2c1CCCCC2. The fourth-order valence-corrected chi connectivity index (χ4v) is 6.23. The molecular formula is C30H30N2O3S. The number of fused-ring (bicyclic) bond motifs is 2. The second-order valence-electron chi connectivity index (χ2n) is 9.20. The molecule has 1 amide bonds. The van der Waals surface area contributed by atoms with Gasteiger partial charge in [-0.2, -0.15) is 0 Å². The van der Waals surface area contributed by atoms with Gasteiger partial charge in [0.25, 0.3) is 5.91 Å². The number of rotatable bonds is 6. The van der Waals surface area contributed by atoms with Gasteiger partial charge < -0.3 is 10.1 Å². The molecule has 184 valence electrons. The van der Waals surface area contributed by atoms with Gasteiger partial charge >= 0.3 is 5.97 Å². The van der Waals surface area contributed by atoms with Crippen molar-refractivity contribution >= 4 is 39.1 Å². The number of amides is 1. The number of hydrogen-bond acceptors (Lipinski definition) is 5. The number of aromatic nitrogens is 1. The summed E-state index contributed by atoms with van der Waals surface area (Å²) in [7, 11) is 0. The van der Waals surface area contributed by atoms with Crippen LogP contribution < -0.4 is 5.32 Å². The maximum Gasteiger partial charge on any atom is 0.341 e. The Bertz CT molecular complexity index is 1430. The van der Waals surface area contributed by atoms with Crippen LogP contribution >= 0.6 is 11.3 Å². The van der Waals surface area contributed by atoms with Crippen molar-refractivity contribution < 1.29 is 14.3 Å². The van der Waals surface area contributed by atoms with Crippen molar-refractivity contribution in [3.63, 3.8) is 0 Å². The minimum absolute atomic E-state index is 0.232. The quantitative estimate of drug-likeness (QED) is 0.223. The molecule has 0 aliphatic heterocycles. The molecule has 1 N–H and O–H groups in total. The van der Waals surface area contributed by atoms with E-state index < -0.39 is 0 Å². The lowest BCUT2D eigenvalue weighted by molar-refractivity contribution is 0.0505. The highest BCUT2D eigenvalue weighted by Gasteiger charge is 2.28. The summed E-state index contributed by atoms with van der Waals surface area (Å²) in [5.74, 6) is -0.572. The number of esters is 1. The van der Waals surface area contributed by atoms with Gasteiger partial charge in [0, 0.05) is 15.8 Å². The van der Waals surface area contributed by atoms with Gasteiger partial charge in [-0.15, -0.1) is 11.3 Å². The molecule has 0 unspecified atom stereocenters. The zero-order valence-corrected chi connectivity index (χ0v) is 21.5. The van der Waals surface area contributed by atoms with Crippen LogP contribution in [-0.2, 0) is 17.6 Å². The van der Waals surface area contributed by atoms with Gasteiger partial charge in [0.15, 0.2) is 0 Å². The number of para-hydroxylation sites is 1. The largest absolute Gasteiger partial charge is 0.462 e. The fourth-order valence-electron chi connectivity index (χ4n) is 4.96. The molecule has 0 bridgehead atoms. The normalized spacial score (nSPS) is 13.2. The summed E-state index contributed by atoms with van der Waals surface area (Å²) < 4.78 is 5.55. The van der Waals surface area contributed by atoms with Gasteiger partial charge in [-0.1, -0.05) is 61.9 Å². The first-order chi connectivity index (χ1) is 17.6. The molecule has 5 nitrogen and oxygen atoms in total. The van der Waals surface area contributed by atoms with Gasteiger partial charge in [-0.25, -0.2) is 9.78 Å². The number of thiophene rings is 1. The summed E-state index contributed by atoms with van der Waals surface area (Å²) in [6.07, 6.45) is 5.81. The van der Waals surface area contributed by atoms with Crippen LogP contribution in [0.4, 0.5) is 5.00 Å². The van der Waals surface area contributed by atoms with Crippen LogP contribution in [0.5, 0.6) is 0 Å². The van der Waals surface area contributed by atoms with Gasteiger partial charge in [-0.3, -0.25) is 4.79 Å². The van der Waals surface area contributed by atoms with Crippen LogP contribution in [-0.4, -0.2) is 23.5 Å². The van der Waals surface area contributed by atoms with Gasteiger partial charge in [0.05, 0.1) is 28.9 Å². The zero-order chi connectivity index (χ0) is 25.1. The predicted octanol–water partition coefficient (Wildman–Crippen LogP) is 7.36. The number of aryl methyl sites for hydroxylation is 1. The standard InChI is InChI=1S/C30H30N2O3S/c1-3-18-35-30(34)26-22-15-8-5-9-17-24(22)36-29(26)32-28(33)25-19(2)27(20-12-6-4-7-13-20)31-23-16-11-10-14-21(23)25/h4,6-7,10-14,16H,3,5,8-9,15,17-18H2,1-2H3,(H,32,33). The monoisotopic (exact) mass is 498 g/mol. The number of ether oxygens (including phenoxy) is 1. The summed E-state index contributed by atoms with van der Waals surface area (Å²) in [6.45, 7) is 4.29.